The Morgan fingerprint density at radius 1 is 0.521 bits per heavy atom. The van der Waals surface area contributed by atoms with Gasteiger partial charge in [0.25, 0.3) is 0 Å². The molecule has 0 aliphatic heterocycles. The number of carbonyl (C=O) groups is 2. The van der Waals surface area contributed by atoms with E-state index in [9.17, 15) is 30.0 Å². The van der Waals surface area contributed by atoms with Crippen molar-refractivity contribution in [3.05, 3.63) is 107 Å². The molecule has 0 spiro atoms. The number of carbonyl (C=O) groups excluding carboxylic acids is 2. The molecule has 0 radical (unpaired) electrons. The molecule has 5 N–H and O–H groups in total. The average molecular weight is 659 g/mol. The van der Waals surface area contributed by atoms with Crippen molar-refractivity contribution in [2.75, 3.05) is 33.5 Å². The summed E-state index contributed by atoms with van der Waals surface area (Å²) >= 11 is 0. The molecule has 0 saturated heterocycles. The first-order chi connectivity index (χ1) is 23.1. The van der Waals surface area contributed by atoms with Crippen LogP contribution in [0.4, 0.5) is 0 Å². The van der Waals surface area contributed by atoms with Crippen molar-refractivity contribution in [2.24, 2.45) is 0 Å². The van der Waals surface area contributed by atoms with Gasteiger partial charge in [-0.15, -0.1) is 0 Å². The van der Waals surface area contributed by atoms with Crippen molar-refractivity contribution in [1.82, 2.24) is 0 Å². The molecule has 4 aromatic rings. The second-order valence-electron chi connectivity index (χ2n) is 10.2. The van der Waals surface area contributed by atoms with Crippen LogP contribution in [0.15, 0.2) is 84.9 Å². The predicted octanol–water partition coefficient (Wildman–Crippen LogP) is 6.13. The molecule has 48 heavy (non-hydrogen) atoms. The second-order valence-corrected chi connectivity index (χ2v) is 10.2. The van der Waals surface area contributed by atoms with Gasteiger partial charge in [-0.05, 0) is 70.8 Å². The lowest BCUT2D eigenvalue weighted by molar-refractivity contribution is -0.148. The standard InChI is InChI=1S/C23H26O8.C14H12O3/c1-28-10-11-29-12-13-30-22(26)8-9-23(27)31-21-15-18(14-20(25)16-21)3-2-17-4-6-19(24)7-5-17;15-12-5-3-10(4-6-12)1-2-11-7-13(16)9-14(17)8-11/h2-7,14-16,24-25H,8-13H2,1H3;1-9,15-17H/b3-2+;2-1+. The van der Waals surface area contributed by atoms with Gasteiger partial charge in [-0.2, -0.15) is 0 Å². The van der Waals surface area contributed by atoms with Crippen LogP contribution in [0.2, 0.25) is 0 Å². The highest BCUT2D eigenvalue weighted by atomic mass is 16.6. The molecule has 11 heteroatoms. The van der Waals surface area contributed by atoms with Crippen LogP contribution < -0.4 is 4.74 Å². The Balaban J connectivity index is 0.000000308. The highest BCUT2D eigenvalue weighted by Crippen LogP contribution is 2.25. The average Bonchev–Trinajstić information content (AvgIpc) is 3.04. The number of ether oxygens (including phenoxy) is 4. The van der Waals surface area contributed by atoms with E-state index in [1.54, 1.807) is 92.1 Å². The lowest BCUT2D eigenvalue weighted by atomic mass is 10.1. The summed E-state index contributed by atoms with van der Waals surface area (Å²) in [4.78, 5) is 23.7. The Morgan fingerprint density at radius 2 is 0.979 bits per heavy atom. The van der Waals surface area contributed by atoms with E-state index in [-0.39, 0.29) is 60.6 Å². The van der Waals surface area contributed by atoms with Gasteiger partial charge in [0.05, 0.1) is 32.7 Å². The maximum atomic E-state index is 12.0. The molecule has 0 unspecified atom stereocenters. The maximum Gasteiger partial charge on any atom is 0.311 e. The fourth-order valence-corrected chi connectivity index (χ4v) is 3.95. The molecule has 0 amide bonds. The molecule has 4 rings (SSSR count). The summed E-state index contributed by atoms with van der Waals surface area (Å²) < 4.78 is 20.2. The molecule has 0 aliphatic carbocycles. The Kier molecular flexibility index (Phi) is 15.0. The van der Waals surface area contributed by atoms with E-state index in [2.05, 4.69) is 0 Å². The molecular weight excluding hydrogens is 620 g/mol. The van der Waals surface area contributed by atoms with Crippen LogP contribution >= 0.6 is 0 Å². The normalized spacial score (nSPS) is 10.9. The molecule has 4 aromatic carbocycles. The first kappa shape index (κ1) is 36.7. The van der Waals surface area contributed by atoms with E-state index in [0.29, 0.717) is 24.3 Å². The van der Waals surface area contributed by atoms with Gasteiger partial charge in [-0.25, -0.2) is 0 Å². The van der Waals surface area contributed by atoms with Gasteiger partial charge >= 0.3 is 11.9 Å². The third-order valence-corrected chi connectivity index (χ3v) is 6.25. The van der Waals surface area contributed by atoms with E-state index in [1.165, 1.54) is 18.2 Å². The molecule has 11 nitrogen and oxygen atoms in total. The second kappa shape index (κ2) is 19.7. The van der Waals surface area contributed by atoms with Gasteiger partial charge in [-0.1, -0.05) is 48.6 Å². The lowest BCUT2D eigenvalue weighted by Crippen LogP contribution is -2.15. The fourth-order valence-electron chi connectivity index (χ4n) is 3.95. The summed E-state index contributed by atoms with van der Waals surface area (Å²) in [6.45, 7) is 1.23. The van der Waals surface area contributed by atoms with Crippen LogP contribution in [0.3, 0.4) is 0 Å². The summed E-state index contributed by atoms with van der Waals surface area (Å²) in [5, 5.41) is 46.9. The summed E-state index contributed by atoms with van der Waals surface area (Å²) in [6, 6.07) is 22.1. The van der Waals surface area contributed by atoms with E-state index >= 15 is 0 Å². The largest absolute Gasteiger partial charge is 0.508 e. The zero-order valence-corrected chi connectivity index (χ0v) is 26.3. The van der Waals surface area contributed by atoms with Crippen molar-refractivity contribution in [1.29, 1.82) is 0 Å². The smallest absolute Gasteiger partial charge is 0.311 e. The number of methoxy groups -OCH3 is 1. The van der Waals surface area contributed by atoms with E-state index < -0.39 is 11.9 Å². The van der Waals surface area contributed by atoms with Crippen LogP contribution in [-0.4, -0.2) is 71.0 Å². The van der Waals surface area contributed by atoms with E-state index in [1.807, 2.05) is 6.08 Å². The minimum atomic E-state index is -0.618. The van der Waals surface area contributed by atoms with E-state index in [4.69, 9.17) is 24.1 Å². The van der Waals surface area contributed by atoms with Crippen LogP contribution in [0, 0.1) is 0 Å². The Labute approximate surface area is 278 Å². The first-order valence-electron chi connectivity index (χ1n) is 14.8. The van der Waals surface area contributed by atoms with Crippen molar-refractivity contribution < 1.29 is 54.1 Å². The Bertz CT molecular complexity index is 1640. The van der Waals surface area contributed by atoms with Crippen molar-refractivity contribution in [2.45, 2.75) is 12.8 Å². The van der Waals surface area contributed by atoms with Gasteiger partial charge in [0, 0.05) is 19.2 Å². The quantitative estimate of drug-likeness (QED) is 0.0456. The summed E-state index contributed by atoms with van der Waals surface area (Å²) in [6.07, 6.45) is 6.84. The highest BCUT2D eigenvalue weighted by Gasteiger charge is 2.11. The molecule has 0 saturated carbocycles. The number of phenolic OH excluding ortho intramolecular Hbond substituents is 5. The monoisotopic (exact) mass is 658 g/mol. The predicted molar refractivity (Wildman–Crippen MR) is 180 cm³/mol. The topological polar surface area (TPSA) is 172 Å². The Hall–Kier alpha value is -5.78. The van der Waals surface area contributed by atoms with Crippen molar-refractivity contribution in [3.63, 3.8) is 0 Å². The van der Waals surface area contributed by atoms with E-state index in [0.717, 1.165) is 11.1 Å². The van der Waals surface area contributed by atoms with Crippen molar-refractivity contribution >= 4 is 36.2 Å². The number of aromatic hydroxyl groups is 5. The lowest BCUT2D eigenvalue weighted by Gasteiger charge is -2.07. The number of phenols is 5. The number of esters is 2. The van der Waals surface area contributed by atoms with Crippen LogP contribution in [0.5, 0.6) is 34.5 Å². The van der Waals surface area contributed by atoms with Crippen molar-refractivity contribution in [3.8, 4) is 34.5 Å². The van der Waals surface area contributed by atoms with Gasteiger partial charge in [0.1, 0.15) is 41.1 Å². The van der Waals surface area contributed by atoms with Crippen LogP contribution in [-0.2, 0) is 23.8 Å². The van der Waals surface area contributed by atoms with Crippen LogP contribution in [0.25, 0.3) is 24.3 Å². The summed E-state index contributed by atoms with van der Waals surface area (Å²) in [5.41, 5.74) is 3.09. The van der Waals surface area contributed by atoms with Crippen LogP contribution in [0.1, 0.15) is 35.1 Å². The zero-order valence-electron chi connectivity index (χ0n) is 26.3. The molecule has 0 heterocycles. The first-order valence-corrected chi connectivity index (χ1v) is 14.8. The number of rotatable bonds is 14. The third kappa shape index (κ3) is 14.5. The highest BCUT2D eigenvalue weighted by molar-refractivity contribution is 5.79. The summed E-state index contributed by atoms with van der Waals surface area (Å²) in [5.74, 6) is -0.613. The molecule has 252 valence electrons. The van der Waals surface area contributed by atoms with Gasteiger partial charge in [-0.3, -0.25) is 9.59 Å². The number of benzene rings is 4. The SMILES string of the molecule is COCCOCCOC(=O)CCC(=O)Oc1cc(O)cc(/C=C/c2ccc(O)cc2)c1.Oc1ccc(/C=C/c2cc(O)cc(O)c2)cc1. The molecule has 0 aliphatic rings. The summed E-state index contributed by atoms with van der Waals surface area (Å²) in [7, 11) is 1.56. The number of hydrogen-bond donors (Lipinski definition) is 5. The zero-order chi connectivity index (χ0) is 34.7. The number of hydrogen-bond acceptors (Lipinski definition) is 11. The maximum absolute atomic E-state index is 12.0. The Morgan fingerprint density at radius 3 is 1.52 bits per heavy atom. The fraction of sp³-hybridized carbons (Fsp3) is 0.189. The third-order valence-electron chi connectivity index (χ3n) is 6.25. The van der Waals surface area contributed by atoms with Gasteiger partial charge < -0.3 is 44.5 Å². The van der Waals surface area contributed by atoms with Gasteiger partial charge in [0.2, 0.25) is 0 Å². The molecular formula is C37H38O11. The van der Waals surface area contributed by atoms with Gasteiger partial charge in [0.15, 0.2) is 0 Å². The molecule has 0 aromatic heterocycles. The molecule has 0 atom stereocenters. The molecule has 0 bridgehead atoms. The minimum absolute atomic E-state index is 0.0235. The molecule has 0 fully saturated rings. The minimum Gasteiger partial charge on any atom is -0.508 e.